The van der Waals surface area contributed by atoms with E-state index in [1.165, 1.54) is 48.9 Å². The molecule has 6 heteroatoms. The van der Waals surface area contributed by atoms with Gasteiger partial charge in [-0.2, -0.15) is 0 Å². The fourth-order valence-corrected chi connectivity index (χ4v) is 3.92. The molecular formula is C29H48N2O4. The van der Waals surface area contributed by atoms with Crippen LogP contribution in [-0.2, 0) is 16.1 Å². The molecule has 198 valence electrons. The maximum absolute atomic E-state index is 12.7. The maximum atomic E-state index is 12.7. The summed E-state index contributed by atoms with van der Waals surface area (Å²) in [5, 5.41) is 0. The zero-order valence-electron chi connectivity index (χ0n) is 22.5. The number of hydrogen-bond donors (Lipinski definition) is 0. The van der Waals surface area contributed by atoms with Gasteiger partial charge in [0.2, 0.25) is 0 Å². The molecule has 0 fully saturated rings. The molecule has 1 unspecified atom stereocenters. The fraction of sp³-hybridized carbons (Fsp3) is 0.690. The Bertz CT molecular complexity index is 879. The molecule has 1 atom stereocenters. The van der Waals surface area contributed by atoms with Crippen LogP contribution < -0.4 is 11.2 Å². The second kappa shape index (κ2) is 18.9. The van der Waals surface area contributed by atoms with Crippen LogP contribution in [0.4, 0.5) is 0 Å². The van der Waals surface area contributed by atoms with Crippen molar-refractivity contribution in [3.8, 4) is 0 Å². The number of ether oxygens (including phenoxy) is 1. The monoisotopic (exact) mass is 488 g/mol. The van der Waals surface area contributed by atoms with E-state index in [0.29, 0.717) is 0 Å². The van der Waals surface area contributed by atoms with Crippen LogP contribution in [0.1, 0.15) is 117 Å². The largest absolute Gasteiger partial charge is 0.461 e. The highest BCUT2D eigenvalue weighted by Crippen LogP contribution is 2.15. The number of aromatic nitrogens is 2. The SMILES string of the molecule is CCCC/C=C\CCCC(CCC/C=C\CCCCC)OC(=O)Cn1c(=O)ccn(C(C)C)c1=O. The Morgan fingerprint density at radius 3 is 1.94 bits per heavy atom. The van der Waals surface area contributed by atoms with Gasteiger partial charge in [-0.15, -0.1) is 0 Å². The third-order valence-electron chi connectivity index (χ3n) is 6.06. The molecule has 1 heterocycles. The first-order valence-electron chi connectivity index (χ1n) is 13.7. The van der Waals surface area contributed by atoms with Gasteiger partial charge in [-0.3, -0.25) is 14.2 Å². The first-order chi connectivity index (χ1) is 16.9. The third kappa shape index (κ3) is 13.3. The number of unbranched alkanes of at least 4 members (excludes halogenated alkanes) is 7. The molecule has 0 aromatic carbocycles. The molecule has 0 bridgehead atoms. The van der Waals surface area contributed by atoms with Gasteiger partial charge in [-0.25, -0.2) is 9.36 Å². The number of carbonyl (C=O) groups is 1. The lowest BCUT2D eigenvalue weighted by atomic mass is 10.0. The zero-order chi connectivity index (χ0) is 25.9. The lowest BCUT2D eigenvalue weighted by Gasteiger charge is -2.18. The van der Waals surface area contributed by atoms with E-state index >= 15 is 0 Å². The Hall–Kier alpha value is -2.37. The van der Waals surface area contributed by atoms with Crippen LogP contribution in [0, 0.1) is 0 Å². The van der Waals surface area contributed by atoms with Crippen molar-refractivity contribution in [3.63, 3.8) is 0 Å². The van der Waals surface area contributed by atoms with Crippen molar-refractivity contribution in [3.05, 3.63) is 57.4 Å². The van der Waals surface area contributed by atoms with Crippen molar-refractivity contribution < 1.29 is 9.53 Å². The normalized spacial score (nSPS) is 12.7. The molecule has 1 rings (SSSR count). The van der Waals surface area contributed by atoms with Gasteiger partial charge in [0.15, 0.2) is 0 Å². The average Bonchev–Trinajstić information content (AvgIpc) is 2.82. The summed E-state index contributed by atoms with van der Waals surface area (Å²) in [5.41, 5.74) is -0.961. The van der Waals surface area contributed by atoms with Crippen molar-refractivity contribution >= 4 is 5.97 Å². The predicted octanol–water partition coefficient (Wildman–Crippen LogP) is 6.73. The minimum Gasteiger partial charge on any atom is -0.461 e. The van der Waals surface area contributed by atoms with Gasteiger partial charge in [-0.1, -0.05) is 63.8 Å². The van der Waals surface area contributed by atoms with Gasteiger partial charge in [0.25, 0.3) is 5.56 Å². The molecule has 1 aromatic heterocycles. The lowest BCUT2D eigenvalue weighted by Crippen LogP contribution is -2.42. The second-order valence-electron chi connectivity index (χ2n) is 9.58. The van der Waals surface area contributed by atoms with Crippen molar-refractivity contribution in [2.45, 2.75) is 130 Å². The summed E-state index contributed by atoms with van der Waals surface area (Å²) in [7, 11) is 0. The van der Waals surface area contributed by atoms with Crippen molar-refractivity contribution in [2.75, 3.05) is 0 Å². The van der Waals surface area contributed by atoms with Gasteiger partial charge >= 0.3 is 11.7 Å². The molecule has 0 spiro atoms. The van der Waals surface area contributed by atoms with E-state index in [4.69, 9.17) is 4.74 Å². The van der Waals surface area contributed by atoms with Gasteiger partial charge in [-0.05, 0) is 71.6 Å². The number of esters is 1. The van der Waals surface area contributed by atoms with E-state index in [1.807, 2.05) is 13.8 Å². The van der Waals surface area contributed by atoms with Crippen LogP contribution in [-0.4, -0.2) is 21.2 Å². The van der Waals surface area contributed by atoms with Gasteiger partial charge in [0, 0.05) is 18.3 Å². The van der Waals surface area contributed by atoms with E-state index in [0.717, 1.165) is 55.9 Å². The summed E-state index contributed by atoms with van der Waals surface area (Å²) in [6.07, 6.45) is 23.9. The lowest BCUT2D eigenvalue weighted by molar-refractivity contribution is -0.150. The molecule has 0 aliphatic heterocycles. The quantitative estimate of drug-likeness (QED) is 0.123. The minimum absolute atomic E-state index is 0.0986. The van der Waals surface area contributed by atoms with Crippen molar-refractivity contribution in [1.82, 2.24) is 9.13 Å². The smallest absolute Gasteiger partial charge is 0.331 e. The molecule has 0 saturated carbocycles. The molecule has 0 saturated heterocycles. The van der Waals surface area contributed by atoms with E-state index in [1.54, 1.807) is 0 Å². The van der Waals surface area contributed by atoms with Crippen LogP contribution in [0.5, 0.6) is 0 Å². The molecule has 35 heavy (non-hydrogen) atoms. The highest BCUT2D eigenvalue weighted by molar-refractivity contribution is 5.69. The first kappa shape index (κ1) is 30.7. The topological polar surface area (TPSA) is 70.3 Å². The fourth-order valence-electron chi connectivity index (χ4n) is 3.92. The van der Waals surface area contributed by atoms with Crippen LogP contribution >= 0.6 is 0 Å². The van der Waals surface area contributed by atoms with Crippen molar-refractivity contribution in [2.24, 2.45) is 0 Å². The molecule has 0 radical (unpaired) electrons. The van der Waals surface area contributed by atoms with Crippen LogP contribution in [0.3, 0.4) is 0 Å². The molecule has 1 aromatic rings. The molecule has 6 nitrogen and oxygen atoms in total. The Morgan fingerprint density at radius 1 is 0.857 bits per heavy atom. The summed E-state index contributed by atoms with van der Waals surface area (Å²) < 4.78 is 8.19. The number of rotatable bonds is 19. The highest BCUT2D eigenvalue weighted by Gasteiger charge is 2.17. The highest BCUT2D eigenvalue weighted by atomic mass is 16.5. The maximum Gasteiger partial charge on any atom is 0.331 e. The summed E-state index contributed by atoms with van der Waals surface area (Å²) in [4.78, 5) is 37.5. The first-order valence-corrected chi connectivity index (χ1v) is 13.7. The molecule has 0 N–H and O–H groups in total. The van der Waals surface area contributed by atoms with Gasteiger partial charge in [0.05, 0.1) is 0 Å². The number of nitrogens with zero attached hydrogens (tertiary/aromatic N) is 2. The molecule has 0 aliphatic carbocycles. The van der Waals surface area contributed by atoms with E-state index in [2.05, 4.69) is 38.2 Å². The predicted molar refractivity (Wildman–Crippen MR) is 145 cm³/mol. The summed E-state index contributed by atoms with van der Waals surface area (Å²) in [5.74, 6) is -0.524. The average molecular weight is 489 g/mol. The zero-order valence-corrected chi connectivity index (χ0v) is 22.5. The summed E-state index contributed by atoms with van der Waals surface area (Å²) in [6.45, 7) is 7.77. The molecule has 0 aliphatic rings. The number of allylic oxidation sites excluding steroid dienone is 4. The molecule has 0 amide bonds. The Labute approximate surface area is 212 Å². The second-order valence-corrected chi connectivity index (χ2v) is 9.58. The van der Waals surface area contributed by atoms with E-state index in [-0.39, 0.29) is 18.7 Å². The van der Waals surface area contributed by atoms with Gasteiger partial charge in [0.1, 0.15) is 12.6 Å². The van der Waals surface area contributed by atoms with Crippen LogP contribution in [0.25, 0.3) is 0 Å². The summed E-state index contributed by atoms with van der Waals surface area (Å²) >= 11 is 0. The van der Waals surface area contributed by atoms with Gasteiger partial charge < -0.3 is 4.74 Å². The number of carbonyl (C=O) groups excluding carboxylic acids is 1. The molecular weight excluding hydrogens is 440 g/mol. The Balaban J connectivity index is 2.67. The Kier molecular flexibility index (Phi) is 16.6. The van der Waals surface area contributed by atoms with Crippen LogP contribution in [0.2, 0.25) is 0 Å². The Morgan fingerprint density at radius 2 is 1.40 bits per heavy atom. The minimum atomic E-state index is -0.524. The van der Waals surface area contributed by atoms with E-state index < -0.39 is 17.2 Å². The standard InChI is InChI=1S/C29H48N2O4/c1-5-7-9-11-13-15-17-19-21-26(20-18-16-14-12-10-8-6-2)35-28(33)24-31-27(32)22-23-30(25(3)4)29(31)34/h12-15,22-23,25-26H,5-11,16-21,24H2,1-4H3/b14-12-,15-13-. The third-order valence-corrected chi connectivity index (χ3v) is 6.06. The number of hydrogen-bond acceptors (Lipinski definition) is 4. The van der Waals surface area contributed by atoms with Crippen LogP contribution in [0.15, 0.2) is 46.2 Å². The summed E-state index contributed by atoms with van der Waals surface area (Å²) in [6, 6.07) is 1.22. The van der Waals surface area contributed by atoms with Crippen molar-refractivity contribution in [1.29, 1.82) is 0 Å². The van der Waals surface area contributed by atoms with E-state index in [9.17, 15) is 14.4 Å².